The monoisotopic (exact) mass is 285 g/mol. The van der Waals surface area contributed by atoms with Crippen LogP contribution in [0.3, 0.4) is 0 Å². The summed E-state index contributed by atoms with van der Waals surface area (Å²) in [6, 6.07) is 20.1. The Morgan fingerprint density at radius 3 is 1.75 bits per heavy atom. The standard InChI is InChI=1S/C16H15NO2S/c17-12-7-13-20(18,19)16(14-8-3-1-4-9-14)15-10-5-2-6-11-15/h1-6,8-11,16H,7,13H2. The molecule has 4 heteroatoms. The molecule has 0 aromatic heterocycles. The topological polar surface area (TPSA) is 57.9 Å². The van der Waals surface area contributed by atoms with E-state index in [-0.39, 0.29) is 12.2 Å². The smallest absolute Gasteiger partial charge is 0.162 e. The molecule has 102 valence electrons. The molecule has 0 atom stereocenters. The molecule has 3 nitrogen and oxygen atoms in total. The van der Waals surface area contributed by atoms with Crippen molar-refractivity contribution in [1.29, 1.82) is 5.26 Å². The molecule has 2 aromatic rings. The molecule has 20 heavy (non-hydrogen) atoms. The van der Waals surface area contributed by atoms with E-state index in [4.69, 9.17) is 5.26 Å². The number of hydrogen-bond acceptors (Lipinski definition) is 3. The molecule has 0 aliphatic rings. The SMILES string of the molecule is N#CCCS(=O)(=O)C(c1ccccc1)c1ccccc1. The zero-order valence-corrected chi connectivity index (χ0v) is 11.8. The summed E-state index contributed by atoms with van der Waals surface area (Å²) in [7, 11) is -3.41. The summed E-state index contributed by atoms with van der Waals surface area (Å²) in [5, 5.41) is 7.93. The summed E-state index contributed by atoms with van der Waals surface area (Å²) in [4.78, 5) is 0. The number of benzene rings is 2. The lowest BCUT2D eigenvalue weighted by Crippen LogP contribution is -2.18. The van der Waals surface area contributed by atoms with Gasteiger partial charge in [-0.15, -0.1) is 0 Å². The first-order valence-corrected chi connectivity index (χ1v) is 8.05. The van der Waals surface area contributed by atoms with Crippen LogP contribution in [0.2, 0.25) is 0 Å². The Bertz CT molecular complexity index is 649. The Balaban J connectivity index is 2.49. The van der Waals surface area contributed by atoms with E-state index in [1.165, 1.54) is 0 Å². The number of nitriles is 1. The minimum absolute atomic E-state index is 0.0124. The van der Waals surface area contributed by atoms with Crippen LogP contribution in [-0.2, 0) is 9.84 Å². The molecule has 0 unspecified atom stereocenters. The highest BCUT2D eigenvalue weighted by Crippen LogP contribution is 2.30. The number of sulfone groups is 1. The predicted octanol–water partition coefficient (Wildman–Crippen LogP) is 3.10. The van der Waals surface area contributed by atoms with Crippen LogP contribution in [0, 0.1) is 11.3 Å². The maximum absolute atomic E-state index is 12.5. The minimum Gasteiger partial charge on any atom is -0.228 e. The Hall–Kier alpha value is -2.12. The maximum Gasteiger partial charge on any atom is 0.162 e. The summed E-state index contributed by atoms with van der Waals surface area (Å²) >= 11 is 0. The average Bonchev–Trinajstić information content (AvgIpc) is 2.47. The van der Waals surface area contributed by atoms with Crippen LogP contribution < -0.4 is 0 Å². The molecule has 0 amide bonds. The van der Waals surface area contributed by atoms with Crippen molar-refractivity contribution in [3.8, 4) is 6.07 Å². The van der Waals surface area contributed by atoms with Gasteiger partial charge in [-0.1, -0.05) is 60.7 Å². The molecule has 0 aliphatic carbocycles. The van der Waals surface area contributed by atoms with Crippen LogP contribution in [0.25, 0.3) is 0 Å². The lowest BCUT2D eigenvalue weighted by Gasteiger charge is -2.18. The first-order chi connectivity index (χ1) is 9.65. The molecule has 0 saturated carbocycles. The lowest BCUT2D eigenvalue weighted by molar-refractivity contribution is 0.589. The number of nitrogens with zero attached hydrogens (tertiary/aromatic N) is 1. The third kappa shape index (κ3) is 3.25. The molecule has 0 saturated heterocycles. The van der Waals surface area contributed by atoms with Crippen molar-refractivity contribution >= 4 is 9.84 Å². The molecule has 0 spiro atoms. The third-order valence-electron chi connectivity index (χ3n) is 3.06. The van der Waals surface area contributed by atoms with Crippen molar-refractivity contribution in [3.63, 3.8) is 0 Å². The van der Waals surface area contributed by atoms with E-state index in [1.54, 1.807) is 0 Å². The zero-order valence-electron chi connectivity index (χ0n) is 10.9. The van der Waals surface area contributed by atoms with Crippen molar-refractivity contribution in [1.82, 2.24) is 0 Å². The highest BCUT2D eigenvalue weighted by molar-refractivity contribution is 7.91. The molecule has 0 fully saturated rings. The van der Waals surface area contributed by atoms with Gasteiger partial charge in [-0.3, -0.25) is 0 Å². The van der Waals surface area contributed by atoms with Crippen molar-refractivity contribution in [2.24, 2.45) is 0 Å². The van der Waals surface area contributed by atoms with E-state index in [9.17, 15) is 8.42 Å². The van der Waals surface area contributed by atoms with Crippen LogP contribution in [-0.4, -0.2) is 14.2 Å². The molecule has 0 bridgehead atoms. The van der Waals surface area contributed by atoms with Gasteiger partial charge in [-0.2, -0.15) is 5.26 Å². The first-order valence-electron chi connectivity index (χ1n) is 6.33. The number of hydrogen-bond donors (Lipinski definition) is 0. The van der Waals surface area contributed by atoms with Gasteiger partial charge in [0.05, 0.1) is 11.8 Å². The summed E-state index contributed by atoms with van der Waals surface area (Å²) < 4.78 is 25.1. The molecule has 0 radical (unpaired) electrons. The van der Waals surface area contributed by atoms with Gasteiger partial charge >= 0.3 is 0 Å². The van der Waals surface area contributed by atoms with Gasteiger partial charge in [-0.25, -0.2) is 8.42 Å². The van der Waals surface area contributed by atoms with Crippen molar-refractivity contribution in [3.05, 3.63) is 71.8 Å². The van der Waals surface area contributed by atoms with Gasteiger partial charge in [0.15, 0.2) is 9.84 Å². The van der Waals surface area contributed by atoms with E-state index in [1.807, 2.05) is 66.7 Å². The van der Waals surface area contributed by atoms with Crippen molar-refractivity contribution in [2.75, 3.05) is 5.75 Å². The summed E-state index contributed by atoms with van der Waals surface area (Å²) in [6.07, 6.45) is 0.0124. The second-order valence-corrected chi connectivity index (χ2v) is 6.68. The van der Waals surface area contributed by atoms with Gasteiger partial charge in [0.1, 0.15) is 5.25 Å². The van der Waals surface area contributed by atoms with Gasteiger partial charge in [0, 0.05) is 6.42 Å². The Morgan fingerprint density at radius 1 is 0.900 bits per heavy atom. The number of rotatable bonds is 5. The van der Waals surface area contributed by atoms with Crippen LogP contribution in [0.4, 0.5) is 0 Å². The van der Waals surface area contributed by atoms with E-state index < -0.39 is 15.1 Å². The molecular weight excluding hydrogens is 270 g/mol. The Labute approximate surface area is 119 Å². The van der Waals surface area contributed by atoms with Crippen LogP contribution in [0.15, 0.2) is 60.7 Å². The highest BCUT2D eigenvalue weighted by atomic mass is 32.2. The average molecular weight is 285 g/mol. The summed E-state index contributed by atoms with van der Waals surface area (Å²) in [6.45, 7) is 0. The Kier molecular flexibility index (Phi) is 4.54. The van der Waals surface area contributed by atoms with Crippen molar-refractivity contribution in [2.45, 2.75) is 11.7 Å². The molecule has 2 aromatic carbocycles. The molecule has 2 rings (SSSR count). The van der Waals surface area contributed by atoms with Crippen LogP contribution in [0.1, 0.15) is 22.8 Å². The van der Waals surface area contributed by atoms with E-state index in [0.717, 1.165) is 11.1 Å². The molecule has 0 aliphatic heterocycles. The largest absolute Gasteiger partial charge is 0.228 e. The fraction of sp³-hybridized carbons (Fsp3) is 0.188. The predicted molar refractivity (Wildman–Crippen MR) is 78.7 cm³/mol. The fourth-order valence-corrected chi connectivity index (χ4v) is 3.92. The summed E-state index contributed by atoms with van der Waals surface area (Å²) in [5.41, 5.74) is 1.47. The second kappa shape index (κ2) is 6.36. The van der Waals surface area contributed by atoms with E-state index in [2.05, 4.69) is 0 Å². The molecule has 0 N–H and O–H groups in total. The lowest BCUT2D eigenvalue weighted by atomic mass is 10.0. The quantitative estimate of drug-likeness (QED) is 0.848. The van der Waals surface area contributed by atoms with Gasteiger partial charge in [0.2, 0.25) is 0 Å². The normalized spacial score (nSPS) is 11.2. The third-order valence-corrected chi connectivity index (χ3v) is 5.10. The first kappa shape index (κ1) is 14.3. The van der Waals surface area contributed by atoms with Gasteiger partial charge in [0.25, 0.3) is 0 Å². The van der Waals surface area contributed by atoms with E-state index in [0.29, 0.717) is 0 Å². The summed E-state index contributed by atoms with van der Waals surface area (Å²) in [5.74, 6) is -0.127. The fourth-order valence-electron chi connectivity index (χ4n) is 2.17. The maximum atomic E-state index is 12.5. The minimum atomic E-state index is -3.41. The van der Waals surface area contributed by atoms with Gasteiger partial charge < -0.3 is 0 Å². The van der Waals surface area contributed by atoms with Crippen LogP contribution >= 0.6 is 0 Å². The second-order valence-electron chi connectivity index (χ2n) is 4.48. The van der Waals surface area contributed by atoms with Gasteiger partial charge in [-0.05, 0) is 11.1 Å². The van der Waals surface area contributed by atoms with E-state index >= 15 is 0 Å². The molecular formula is C16H15NO2S. The highest BCUT2D eigenvalue weighted by Gasteiger charge is 2.28. The van der Waals surface area contributed by atoms with Crippen LogP contribution in [0.5, 0.6) is 0 Å². The molecule has 0 heterocycles. The Morgan fingerprint density at radius 2 is 1.35 bits per heavy atom. The van der Waals surface area contributed by atoms with Crippen molar-refractivity contribution < 1.29 is 8.42 Å². The zero-order chi connectivity index (χ0) is 14.4.